The molecular weight excluding hydrogens is 278 g/mol. The molecule has 1 aliphatic rings. The van der Waals surface area contributed by atoms with E-state index in [9.17, 15) is 4.79 Å². The van der Waals surface area contributed by atoms with E-state index in [2.05, 4.69) is 5.32 Å². The Labute approximate surface area is 124 Å². The zero-order chi connectivity index (χ0) is 14.5. The molecule has 0 amide bonds. The van der Waals surface area contributed by atoms with Crippen molar-refractivity contribution in [1.29, 1.82) is 0 Å². The first-order chi connectivity index (χ1) is 9.65. The zero-order valence-corrected chi connectivity index (χ0v) is 12.6. The molecule has 0 bridgehead atoms. The van der Waals surface area contributed by atoms with Gasteiger partial charge in [0.25, 0.3) is 0 Å². The third-order valence-electron chi connectivity index (χ3n) is 3.75. The number of hydrogen-bond acceptors (Lipinski definition) is 4. The quantitative estimate of drug-likeness (QED) is 0.841. The van der Waals surface area contributed by atoms with Gasteiger partial charge in [0.2, 0.25) is 0 Å². The van der Waals surface area contributed by atoms with Crippen molar-refractivity contribution in [3.63, 3.8) is 0 Å². The van der Waals surface area contributed by atoms with Crippen LogP contribution in [0.1, 0.15) is 36.0 Å². The summed E-state index contributed by atoms with van der Waals surface area (Å²) in [6.45, 7) is 0.903. The number of rotatable bonds is 5. The van der Waals surface area contributed by atoms with Crippen LogP contribution >= 0.6 is 11.6 Å². The van der Waals surface area contributed by atoms with Crippen molar-refractivity contribution in [2.45, 2.75) is 25.7 Å². The van der Waals surface area contributed by atoms with Gasteiger partial charge in [-0.25, -0.2) is 4.79 Å². The topological polar surface area (TPSA) is 47.6 Å². The van der Waals surface area contributed by atoms with Crippen molar-refractivity contribution >= 4 is 23.3 Å². The number of carbonyl (C=O) groups excluding carboxylic acids is 1. The van der Waals surface area contributed by atoms with E-state index >= 15 is 0 Å². The lowest BCUT2D eigenvalue weighted by molar-refractivity contribution is 0.0597. The summed E-state index contributed by atoms with van der Waals surface area (Å²) in [7, 11) is 2.86. The van der Waals surface area contributed by atoms with E-state index in [1.54, 1.807) is 12.1 Å². The summed E-state index contributed by atoms with van der Waals surface area (Å²) >= 11 is 6.22. The lowest BCUT2D eigenvalue weighted by Gasteiger charge is -2.15. The van der Waals surface area contributed by atoms with Crippen molar-refractivity contribution in [3.05, 3.63) is 22.7 Å². The van der Waals surface area contributed by atoms with Gasteiger partial charge < -0.3 is 14.8 Å². The van der Waals surface area contributed by atoms with E-state index < -0.39 is 5.97 Å². The van der Waals surface area contributed by atoms with Gasteiger partial charge in [-0.1, -0.05) is 24.4 Å². The molecule has 0 spiro atoms. The predicted octanol–water partition coefficient (Wildman–Crippen LogP) is 3.74. The Morgan fingerprint density at radius 3 is 2.65 bits per heavy atom. The van der Waals surface area contributed by atoms with Crippen LogP contribution in [0.15, 0.2) is 12.1 Å². The van der Waals surface area contributed by atoms with Crippen LogP contribution in [-0.4, -0.2) is 26.7 Å². The summed E-state index contributed by atoms with van der Waals surface area (Å²) in [6.07, 6.45) is 5.15. The van der Waals surface area contributed by atoms with Crippen LogP contribution in [0, 0.1) is 5.92 Å². The first-order valence-electron chi connectivity index (χ1n) is 6.85. The van der Waals surface area contributed by atoms with E-state index in [4.69, 9.17) is 21.1 Å². The Morgan fingerprint density at radius 2 is 2.05 bits per heavy atom. The van der Waals surface area contributed by atoms with Gasteiger partial charge in [-0.2, -0.15) is 0 Å². The highest BCUT2D eigenvalue weighted by Crippen LogP contribution is 2.32. The molecule has 5 heteroatoms. The Hall–Kier alpha value is -1.42. The fourth-order valence-electron chi connectivity index (χ4n) is 2.60. The van der Waals surface area contributed by atoms with E-state index in [0.29, 0.717) is 22.3 Å². The smallest absolute Gasteiger partial charge is 0.341 e. The average Bonchev–Trinajstić information content (AvgIpc) is 2.98. The van der Waals surface area contributed by atoms with Crippen molar-refractivity contribution in [2.75, 3.05) is 26.1 Å². The number of halogens is 1. The van der Waals surface area contributed by atoms with Crippen LogP contribution in [0.4, 0.5) is 5.69 Å². The van der Waals surface area contributed by atoms with Crippen LogP contribution in [0.5, 0.6) is 5.75 Å². The van der Waals surface area contributed by atoms with Gasteiger partial charge in [-0.3, -0.25) is 0 Å². The fourth-order valence-corrected chi connectivity index (χ4v) is 2.83. The van der Waals surface area contributed by atoms with Gasteiger partial charge in [0.1, 0.15) is 11.3 Å². The molecule has 1 N–H and O–H groups in total. The van der Waals surface area contributed by atoms with Gasteiger partial charge in [0.05, 0.1) is 24.9 Å². The maximum Gasteiger partial charge on any atom is 0.341 e. The van der Waals surface area contributed by atoms with Gasteiger partial charge in [0, 0.05) is 12.6 Å². The number of esters is 1. The highest BCUT2D eigenvalue weighted by atomic mass is 35.5. The molecule has 0 atom stereocenters. The molecule has 1 saturated carbocycles. The van der Waals surface area contributed by atoms with E-state index in [-0.39, 0.29) is 0 Å². The fraction of sp³-hybridized carbons (Fsp3) is 0.533. The Morgan fingerprint density at radius 1 is 1.35 bits per heavy atom. The van der Waals surface area contributed by atoms with Crippen molar-refractivity contribution in [2.24, 2.45) is 5.92 Å². The molecular formula is C15H20ClNO3. The van der Waals surface area contributed by atoms with Gasteiger partial charge in [-0.15, -0.1) is 0 Å². The molecule has 0 unspecified atom stereocenters. The number of carbonyl (C=O) groups is 1. The van der Waals surface area contributed by atoms with Crippen LogP contribution < -0.4 is 10.1 Å². The lowest BCUT2D eigenvalue weighted by Crippen LogP contribution is -2.12. The summed E-state index contributed by atoms with van der Waals surface area (Å²) < 4.78 is 9.95. The van der Waals surface area contributed by atoms with E-state index in [1.165, 1.54) is 39.9 Å². The molecule has 0 aromatic heterocycles. The SMILES string of the molecule is COC(=O)c1cc(Cl)c(NCC2CCCC2)cc1OC. The molecule has 20 heavy (non-hydrogen) atoms. The molecule has 2 rings (SSSR count). The molecule has 1 aromatic carbocycles. The number of hydrogen-bond donors (Lipinski definition) is 1. The maximum absolute atomic E-state index is 11.6. The molecule has 110 valence electrons. The minimum absolute atomic E-state index is 0.339. The summed E-state index contributed by atoms with van der Waals surface area (Å²) in [6, 6.07) is 3.34. The minimum Gasteiger partial charge on any atom is -0.496 e. The Bertz CT molecular complexity index is 484. The van der Waals surface area contributed by atoms with Crippen LogP contribution in [0.25, 0.3) is 0 Å². The first-order valence-corrected chi connectivity index (χ1v) is 7.23. The predicted molar refractivity (Wildman–Crippen MR) is 79.8 cm³/mol. The Balaban J connectivity index is 2.14. The molecule has 4 nitrogen and oxygen atoms in total. The number of benzene rings is 1. The monoisotopic (exact) mass is 297 g/mol. The molecule has 1 aromatic rings. The van der Waals surface area contributed by atoms with Crippen molar-refractivity contribution in [3.8, 4) is 5.75 Å². The van der Waals surface area contributed by atoms with Crippen molar-refractivity contribution in [1.82, 2.24) is 0 Å². The number of nitrogens with one attached hydrogen (secondary N) is 1. The van der Waals surface area contributed by atoms with Crippen LogP contribution in [0.2, 0.25) is 5.02 Å². The summed E-state index contributed by atoms with van der Waals surface area (Å²) in [5, 5.41) is 3.85. The van der Waals surface area contributed by atoms with Crippen LogP contribution in [0.3, 0.4) is 0 Å². The third-order valence-corrected chi connectivity index (χ3v) is 4.06. The van der Waals surface area contributed by atoms with E-state index in [1.807, 2.05) is 0 Å². The summed E-state index contributed by atoms with van der Waals surface area (Å²) in [4.78, 5) is 11.6. The second-order valence-electron chi connectivity index (χ2n) is 5.06. The second-order valence-corrected chi connectivity index (χ2v) is 5.46. The maximum atomic E-state index is 11.6. The minimum atomic E-state index is -0.453. The normalized spacial score (nSPS) is 15.2. The summed E-state index contributed by atoms with van der Waals surface area (Å²) in [5.41, 5.74) is 1.13. The second kappa shape index (κ2) is 6.84. The van der Waals surface area contributed by atoms with E-state index in [0.717, 1.165) is 12.2 Å². The van der Waals surface area contributed by atoms with Gasteiger partial charge >= 0.3 is 5.97 Å². The molecule has 0 aliphatic heterocycles. The largest absolute Gasteiger partial charge is 0.496 e. The number of anilines is 1. The molecule has 1 aliphatic carbocycles. The molecule has 0 radical (unpaired) electrons. The average molecular weight is 298 g/mol. The lowest BCUT2D eigenvalue weighted by atomic mass is 10.1. The first kappa shape index (κ1) is 15.0. The third kappa shape index (κ3) is 3.37. The highest BCUT2D eigenvalue weighted by molar-refractivity contribution is 6.33. The molecule has 0 saturated heterocycles. The number of ether oxygens (including phenoxy) is 2. The standard InChI is InChI=1S/C15H20ClNO3/c1-19-14-8-13(17-9-10-5-3-4-6-10)12(16)7-11(14)15(18)20-2/h7-8,10,17H,3-6,9H2,1-2H3. The van der Waals surface area contributed by atoms with Crippen LogP contribution in [-0.2, 0) is 4.74 Å². The zero-order valence-electron chi connectivity index (χ0n) is 11.9. The number of methoxy groups -OCH3 is 2. The summed E-state index contributed by atoms with van der Waals surface area (Å²) in [5.74, 6) is 0.721. The van der Waals surface area contributed by atoms with Gasteiger partial charge in [-0.05, 0) is 24.8 Å². The molecule has 1 fully saturated rings. The highest BCUT2D eigenvalue weighted by Gasteiger charge is 2.18. The van der Waals surface area contributed by atoms with Crippen molar-refractivity contribution < 1.29 is 14.3 Å². The van der Waals surface area contributed by atoms with Gasteiger partial charge in [0.15, 0.2) is 0 Å². The molecule has 0 heterocycles. The Kier molecular flexibility index (Phi) is 5.12.